The molecular formula is C26H32N4O3. The highest BCUT2D eigenvalue weighted by atomic mass is 16.5. The van der Waals surface area contributed by atoms with E-state index in [2.05, 4.69) is 51.6 Å². The third-order valence-electron chi connectivity index (χ3n) is 6.18. The number of nitrogens with zero attached hydrogens (tertiary/aromatic N) is 2. The first-order valence-electron chi connectivity index (χ1n) is 11.5. The number of benzene rings is 2. The SMILES string of the molecule is CCOC(=O)C1=C(CN2CCN(c3cccc(C)c3)CC2)NC(=O)N[C@@H]1c1ccc(C)cc1. The zero-order valence-corrected chi connectivity index (χ0v) is 19.6. The third kappa shape index (κ3) is 5.37. The molecule has 174 valence electrons. The van der Waals surface area contributed by atoms with Gasteiger partial charge in [-0.3, -0.25) is 4.90 Å². The second kappa shape index (κ2) is 10.1. The standard InChI is InChI=1S/C26H32N4O3/c1-4-33-25(31)23-22(27-26(32)28-24(23)20-10-8-18(2)9-11-20)17-29-12-14-30(15-13-29)21-7-5-6-19(3)16-21/h5-11,16,24H,4,12-15,17H2,1-3H3,(H2,27,28,32)/t24-/m1/s1. The van der Waals surface area contributed by atoms with E-state index in [9.17, 15) is 9.59 Å². The van der Waals surface area contributed by atoms with Crippen LogP contribution in [0, 0.1) is 13.8 Å². The van der Waals surface area contributed by atoms with E-state index in [1.807, 2.05) is 31.2 Å². The van der Waals surface area contributed by atoms with Crippen molar-refractivity contribution in [1.29, 1.82) is 0 Å². The molecule has 33 heavy (non-hydrogen) atoms. The van der Waals surface area contributed by atoms with Crippen LogP contribution in [0.5, 0.6) is 0 Å². The van der Waals surface area contributed by atoms with E-state index in [-0.39, 0.29) is 12.6 Å². The Morgan fingerprint density at radius 1 is 1.03 bits per heavy atom. The third-order valence-corrected chi connectivity index (χ3v) is 6.18. The molecular weight excluding hydrogens is 416 g/mol. The summed E-state index contributed by atoms with van der Waals surface area (Å²) >= 11 is 0. The molecule has 2 aromatic carbocycles. The van der Waals surface area contributed by atoms with Crippen LogP contribution < -0.4 is 15.5 Å². The number of hydrogen-bond donors (Lipinski definition) is 2. The van der Waals surface area contributed by atoms with Crippen molar-refractivity contribution in [2.75, 3.05) is 44.2 Å². The number of rotatable bonds is 6. The van der Waals surface area contributed by atoms with Crippen molar-refractivity contribution < 1.29 is 14.3 Å². The molecule has 7 heteroatoms. The Kier molecular flexibility index (Phi) is 6.99. The maximum absolute atomic E-state index is 13.0. The van der Waals surface area contributed by atoms with Crippen LogP contribution in [-0.2, 0) is 9.53 Å². The minimum Gasteiger partial charge on any atom is -0.463 e. The van der Waals surface area contributed by atoms with Gasteiger partial charge in [0, 0.05) is 44.1 Å². The van der Waals surface area contributed by atoms with Gasteiger partial charge in [-0.05, 0) is 44.0 Å². The summed E-state index contributed by atoms with van der Waals surface area (Å²) < 4.78 is 5.38. The van der Waals surface area contributed by atoms with Crippen molar-refractivity contribution in [3.05, 3.63) is 76.5 Å². The maximum Gasteiger partial charge on any atom is 0.338 e. The lowest BCUT2D eigenvalue weighted by atomic mass is 9.94. The highest BCUT2D eigenvalue weighted by molar-refractivity contribution is 5.95. The molecule has 0 bridgehead atoms. The average molecular weight is 449 g/mol. The number of carbonyl (C=O) groups excluding carboxylic acids is 2. The van der Waals surface area contributed by atoms with E-state index in [0.717, 1.165) is 37.3 Å². The predicted octanol–water partition coefficient (Wildman–Crippen LogP) is 3.30. The van der Waals surface area contributed by atoms with Crippen molar-refractivity contribution in [1.82, 2.24) is 15.5 Å². The van der Waals surface area contributed by atoms with Crippen LogP contribution in [0.25, 0.3) is 0 Å². The zero-order valence-electron chi connectivity index (χ0n) is 19.6. The molecule has 0 aromatic heterocycles. The Balaban J connectivity index is 1.55. The van der Waals surface area contributed by atoms with Crippen LogP contribution >= 0.6 is 0 Å². The second-order valence-corrected chi connectivity index (χ2v) is 8.66. The number of ether oxygens (including phenoxy) is 1. The zero-order chi connectivity index (χ0) is 23.4. The quantitative estimate of drug-likeness (QED) is 0.664. The van der Waals surface area contributed by atoms with Gasteiger partial charge >= 0.3 is 12.0 Å². The van der Waals surface area contributed by atoms with E-state index in [1.165, 1.54) is 11.3 Å². The number of aryl methyl sites for hydroxylation is 2. The molecule has 2 N–H and O–H groups in total. The maximum atomic E-state index is 13.0. The Bertz CT molecular complexity index is 1040. The largest absolute Gasteiger partial charge is 0.463 e. The smallest absolute Gasteiger partial charge is 0.338 e. The summed E-state index contributed by atoms with van der Waals surface area (Å²) in [6, 6.07) is 15.6. The number of carbonyl (C=O) groups is 2. The van der Waals surface area contributed by atoms with Crippen LogP contribution in [0.1, 0.15) is 29.7 Å². The number of hydrogen-bond acceptors (Lipinski definition) is 5. The van der Waals surface area contributed by atoms with Crippen LogP contribution in [0.3, 0.4) is 0 Å². The van der Waals surface area contributed by atoms with E-state index in [1.54, 1.807) is 6.92 Å². The number of piperazine rings is 1. The number of nitrogens with one attached hydrogen (secondary N) is 2. The topological polar surface area (TPSA) is 73.9 Å². The molecule has 2 aliphatic rings. The summed E-state index contributed by atoms with van der Waals surface area (Å²) in [5, 5.41) is 5.80. The van der Waals surface area contributed by atoms with Crippen molar-refractivity contribution in [2.45, 2.75) is 26.8 Å². The highest BCUT2D eigenvalue weighted by Gasteiger charge is 2.34. The molecule has 0 radical (unpaired) electrons. The Hall–Kier alpha value is -3.32. The van der Waals surface area contributed by atoms with Crippen molar-refractivity contribution in [3.63, 3.8) is 0 Å². The number of esters is 1. The van der Waals surface area contributed by atoms with Crippen molar-refractivity contribution >= 4 is 17.7 Å². The number of urea groups is 1. The van der Waals surface area contributed by atoms with Gasteiger partial charge in [0.2, 0.25) is 0 Å². The average Bonchev–Trinajstić information content (AvgIpc) is 2.80. The van der Waals surface area contributed by atoms with Crippen LogP contribution in [0.2, 0.25) is 0 Å². The van der Waals surface area contributed by atoms with Crippen LogP contribution in [0.4, 0.5) is 10.5 Å². The van der Waals surface area contributed by atoms with Crippen molar-refractivity contribution in [2.24, 2.45) is 0 Å². The molecule has 4 rings (SSSR count). The summed E-state index contributed by atoms with van der Waals surface area (Å²) in [5.41, 5.74) is 5.55. The van der Waals surface area contributed by atoms with Gasteiger partial charge in [0.05, 0.1) is 18.2 Å². The molecule has 0 unspecified atom stereocenters. The summed E-state index contributed by atoms with van der Waals surface area (Å²) in [7, 11) is 0. The summed E-state index contributed by atoms with van der Waals surface area (Å²) in [6.45, 7) is 10.1. The lowest BCUT2D eigenvalue weighted by Gasteiger charge is -2.38. The number of amides is 2. The first kappa shape index (κ1) is 22.9. The molecule has 2 aliphatic heterocycles. The van der Waals surface area contributed by atoms with Gasteiger partial charge in [0.15, 0.2) is 0 Å². The van der Waals surface area contributed by atoms with Gasteiger partial charge in [0.1, 0.15) is 0 Å². The summed E-state index contributed by atoms with van der Waals surface area (Å²) in [5.74, 6) is -0.399. The lowest BCUT2D eigenvalue weighted by molar-refractivity contribution is -0.139. The Morgan fingerprint density at radius 3 is 2.42 bits per heavy atom. The molecule has 0 saturated carbocycles. The van der Waals surface area contributed by atoms with Crippen LogP contribution in [-0.4, -0.2) is 56.2 Å². The van der Waals surface area contributed by atoms with Gasteiger partial charge in [-0.1, -0.05) is 42.0 Å². The van der Waals surface area contributed by atoms with Gasteiger partial charge in [-0.2, -0.15) is 0 Å². The molecule has 7 nitrogen and oxygen atoms in total. The molecule has 2 amide bonds. The van der Waals surface area contributed by atoms with E-state index in [4.69, 9.17) is 4.74 Å². The fourth-order valence-electron chi connectivity index (χ4n) is 4.41. The second-order valence-electron chi connectivity index (χ2n) is 8.66. The minimum atomic E-state index is -0.540. The molecule has 1 atom stereocenters. The first-order valence-corrected chi connectivity index (χ1v) is 11.5. The van der Waals surface area contributed by atoms with Gasteiger partial charge in [0.25, 0.3) is 0 Å². The van der Waals surface area contributed by atoms with E-state index < -0.39 is 12.0 Å². The van der Waals surface area contributed by atoms with Crippen molar-refractivity contribution in [3.8, 4) is 0 Å². The normalized spacial score (nSPS) is 19.2. The molecule has 1 saturated heterocycles. The fraction of sp³-hybridized carbons (Fsp3) is 0.385. The molecule has 0 aliphatic carbocycles. The Labute approximate surface area is 195 Å². The molecule has 2 aromatic rings. The summed E-state index contributed by atoms with van der Waals surface area (Å²) in [4.78, 5) is 30.2. The van der Waals surface area contributed by atoms with E-state index in [0.29, 0.717) is 17.8 Å². The Morgan fingerprint density at radius 2 is 1.76 bits per heavy atom. The first-order chi connectivity index (χ1) is 15.9. The molecule has 1 fully saturated rings. The number of anilines is 1. The lowest BCUT2D eigenvalue weighted by Crippen LogP contribution is -2.51. The molecule has 0 spiro atoms. The predicted molar refractivity (Wildman–Crippen MR) is 129 cm³/mol. The van der Waals surface area contributed by atoms with Gasteiger partial charge in [-0.25, -0.2) is 9.59 Å². The summed E-state index contributed by atoms with van der Waals surface area (Å²) in [6.07, 6.45) is 0. The van der Waals surface area contributed by atoms with E-state index >= 15 is 0 Å². The highest BCUT2D eigenvalue weighted by Crippen LogP contribution is 2.29. The monoisotopic (exact) mass is 448 g/mol. The minimum absolute atomic E-state index is 0.277. The fourth-order valence-corrected chi connectivity index (χ4v) is 4.41. The molecule has 2 heterocycles. The van der Waals surface area contributed by atoms with Gasteiger partial charge < -0.3 is 20.3 Å². The van der Waals surface area contributed by atoms with Crippen LogP contribution in [0.15, 0.2) is 59.8 Å². The van der Waals surface area contributed by atoms with Gasteiger partial charge in [-0.15, -0.1) is 0 Å².